The van der Waals surface area contributed by atoms with Gasteiger partial charge in [0, 0.05) is 17.7 Å². The summed E-state index contributed by atoms with van der Waals surface area (Å²) in [6.07, 6.45) is 0. The Hall–Kier alpha value is -3.07. The molecule has 4 rings (SSSR count). The Labute approximate surface area is 177 Å². The van der Waals surface area contributed by atoms with Crippen LogP contribution in [0.4, 0.5) is 4.39 Å². The van der Waals surface area contributed by atoms with E-state index in [0.717, 1.165) is 29.3 Å². The normalized spacial score (nSPS) is 11.5. The maximum atomic E-state index is 13.2. The summed E-state index contributed by atoms with van der Waals surface area (Å²) < 4.78 is 46.2. The van der Waals surface area contributed by atoms with Crippen LogP contribution in [0.3, 0.4) is 0 Å². The first kappa shape index (κ1) is 20.2. The first-order valence-electron chi connectivity index (χ1n) is 8.85. The molecule has 0 saturated carbocycles. The second-order valence-electron chi connectivity index (χ2n) is 6.38. The van der Waals surface area contributed by atoms with E-state index in [0.29, 0.717) is 17.3 Å². The minimum absolute atomic E-state index is 0.0523. The second-order valence-corrected chi connectivity index (χ2v) is 8.55. The Morgan fingerprint density at radius 1 is 0.900 bits per heavy atom. The fourth-order valence-corrected chi connectivity index (χ4v) is 4.00. The second kappa shape index (κ2) is 8.35. The SMILES string of the molecule is O=S(=O)(NCc1ccc(-c2nnc(-c3ccccc3)o2)cc1)c1ccc(F)c(Cl)c1. The molecule has 4 aromatic rings. The predicted molar refractivity (Wildman–Crippen MR) is 111 cm³/mol. The van der Waals surface area contributed by atoms with E-state index >= 15 is 0 Å². The third kappa shape index (κ3) is 4.40. The largest absolute Gasteiger partial charge is 0.416 e. The van der Waals surface area contributed by atoms with Gasteiger partial charge in [-0.25, -0.2) is 17.5 Å². The molecule has 0 aliphatic carbocycles. The highest BCUT2D eigenvalue weighted by atomic mass is 35.5. The van der Waals surface area contributed by atoms with Crippen LogP contribution in [-0.2, 0) is 16.6 Å². The number of hydrogen-bond acceptors (Lipinski definition) is 5. The van der Waals surface area contributed by atoms with Crippen LogP contribution in [0.1, 0.15) is 5.56 Å². The van der Waals surface area contributed by atoms with E-state index < -0.39 is 15.8 Å². The zero-order valence-electron chi connectivity index (χ0n) is 15.4. The molecule has 0 aliphatic heterocycles. The van der Waals surface area contributed by atoms with Gasteiger partial charge in [0.2, 0.25) is 21.8 Å². The van der Waals surface area contributed by atoms with Gasteiger partial charge in [-0.1, -0.05) is 41.9 Å². The van der Waals surface area contributed by atoms with E-state index in [1.165, 1.54) is 0 Å². The van der Waals surface area contributed by atoms with Crippen molar-refractivity contribution in [3.63, 3.8) is 0 Å². The molecule has 30 heavy (non-hydrogen) atoms. The maximum Gasteiger partial charge on any atom is 0.248 e. The topological polar surface area (TPSA) is 85.1 Å². The molecule has 152 valence electrons. The number of nitrogens with one attached hydrogen (secondary N) is 1. The van der Waals surface area contributed by atoms with Gasteiger partial charge in [-0.3, -0.25) is 0 Å². The van der Waals surface area contributed by atoms with Crippen molar-refractivity contribution in [1.29, 1.82) is 0 Å². The van der Waals surface area contributed by atoms with Gasteiger partial charge < -0.3 is 4.42 Å². The highest BCUT2D eigenvalue weighted by Crippen LogP contribution is 2.24. The van der Waals surface area contributed by atoms with E-state index in [1.54, 1.807) is 24.3 Å². The summed E-state index contributed by atoms with van der Waals surface area (Å²) in [5.74, 6) is 0.102. The van der Waals surface area contributed by atoms with E-state index in [9.17, 15) is 12.8 Å². The lowest BCUT2D eigenvalue weighted by Gasteiger charge is -2.08. The van der Waals surface area contributed by atoms with Crippen molar-refractivity contribution >= 4 is 21.6 Å². The summed E-state index contributed by atoms with van der Waals surface area (Å²) in [7, 11) is -3.83. The van der Waals surface area contributed by atoms with Gasteiger partial charge in [-0.05, 0) is 48.0 Å². The van der Waals surface area contributed by atoms with E-state index in [-0.39, 0.29) is 16.5 Å². The average molecular weight is 444 g/mol. The number of halogens is 2. The summed E-state index contributed by atoms with van der Waals surface area (Å²) in [5, 5.41) is 7.86. The van der Waals surface area contributed by atoms with Crippen molar-refractivity contribution in [3.05, 3.63) is 89.2 Å². The Kier molecular flexibility index (Phi) is 5.63. The van der Waals surface area contributed by atoms with Crippen molar-refractivity contribution in [2.75, 3.05) is 0 Å². The van der Waals surface area contributed by atoms with E-state index in [2.05, 4.69) is 14.9 Å². The molecule has 1 aromatic heterocycles. The highest BCUT2D eigenvalue weighted by Gasteiger charge is 2.16. The molecule has 0 atom stereocenters. The lowest BCUT2D eigenvalue weighted by molar-refractivity contribution is 0.580. The van der Waals surface area contributed by atoms with Crippen molar-refractivity contribution in [3.8, 4) is 22.9 Å². The first-order valence-corrected chi connectivity index (χ1v) is 10.7. The number of sulfonamides is 1. The first-order chi connectivity index (χ1) is 14.4. The van der Waals surface area contributed by atoms with Crippen molar-refractivity contribution in [1.82, 2.24) is 14.9 Å². The van der Waals surface area contributed by atoms with Crippen molar-refractivity contribution in [2.24, 2.45) is 0 Å². The summed E-state index contributed by atoms with van der Waals surface area (Å²) in [6.45, 7) is 0.0523. The molecule has 9 heteroatoms. The zero-order valence-corrected chi connectivity index (χ0v) is 17.0. The molecule has 0 unspecified atom stereocenters. The molecule has 6 nitrogen and oxygen atoms in total. The quantitative estimate of drug-likeness (QED) is 0.468. The summed E-state index contributed by atoms with van der Waals surface area (Å²) >= 11 is 5.67. The third-order valence-corrected chi connectivity index (χ3v) is 6.00. The van der Waals surface area contributed by atoms with Gasteiger partial charge in [0.25, 0.3) is 0 Å². The maximum absolute atomic E-state index is 13.2. The molecule has 0 spiro atoms. The van der Waals surface area contributed by atoms with Crippen LogP contribution in [0.2, 0.25) is 5.02 Å². The van der Waals surface area contributed by atoms with E-state index in [1.807, 2.05) is 30.3 Å². The minimum atomic E-state index is -3.83. The summed E-state index contributed by atoms with van der Waals surface area (Å²) in [4.78, 5) is -0.107. The Balaban J connectivity index is 1.45. The van der Waals surface area contributed by atoms with Crippen LogP contribution in [-0.4, -0.2) is 18.6 Å². The highest BCUT2D eigenvalue weighted by molar-refractivity contribution is 7.89. The van der Waals surface area contributed by atoms with Crippen LogP contribution in [0, 0.1) is 5.82 Å². The molecule has 0 saturated heterocycles. The zero-order chi connectivity index (χ0) is 21.1. The van der Waals surface area contributed by atoms with Crippen LogP contribution >= 0.6 is 11.6 Å². The molecule has 1 N–H and O–H groups in total. The number of rotatable bonds is 6. The molecular weight excluding hydrogens is 429 g/mol. The fourth-order valence-electron chi connectivity index (χ4n) is 2.71. The number of benzene rings is 3. The number of hydrogen-bond donors (Lipinski definition) is 1. The molecule has 0 fully saturated rings. The molecular formula is C21H15ClFN3O3S. The number of nitrogens with zero attached hydrogens (tertiary/aromatic N) is 2. The predicted octanol–water partition coefficient (Wildman–Crippen LogP) is 4.67. The molecule has 3 aromatic carbocycles. The van der Waals surface area contributed by atoms with Crippen molar-refractivity contribution < 1.29 is 17.2 Å². The number of aromatic nitrogens is 2. The molecule has 0 aliphatic rings. The minimum Gasteiger partial charge on any atom is -0.416 e. The van der Waals surface area contributed by atoms with Crippen LogP contribution < -0.4 is 4.72 Å². The van der Waals surface area contributed by atoms with Gasteiger partial charge in [-0.15, -0.1) is 10.2 Å². The van der Waals surface area contributed by atoms with Gasteiger partial charge in [0.1, 0.15) is 5.82 Å². The average Bonchev–Trinajstić information content (AvgIpc) is 3.25. The van der Waals surface area contributed by atoms with Gasteiger partial charge in [0.15, 0.2) is 0 Å². The standard InChI is InChI=1S/C21H15ClFN3O3S/c22-18-12-17(10-11-19(18)23)30(27,28)24-13-14-6-8-16(9-7-14)21-26-25-20(29-21)15-4-2-1-3-5-15/h1-12,24H,13H2. The lowest BCUT2D eigenvalue weighted by atomic mass is 10.1. The third-order valence-electron chi connectivity index (χ3n) is 4.31. The summed E-state index contributed by atoms with van der Waals surface area (Å²) in [5.41, 5.74) is 2.25. The van der Waals surface area contributed by atoms with E-state index in [4.69, 9.17) is 16.0 Å². The lowest BCUT2D eigenvalue weighted by Crippen LogP contribution is -2.23. The van der Waals surface area contributed by atoms with Crippen molar-refractivity contribution in [2.45, 2.75) is 11.4 Å². The van der Waals surface area contributed by atoms with Gasteiger partial charge >= 0.3 is 0 Å². The monoisotopic (exact) mass is 443 g/mol. The Morgan fingerprint density at radius 2 is 1.53 bits per heavy atom. The van der Waals surface area contributed by atoms with Crippen LogP contribution in [0.25, 0.3) is 22.9 Å². The Bertz CT molecular complexity index is 1280. The van der Waals surface area contributed by atoms with Gasteiger partial charge in [0.05, 0.1) is 9.92 Å². The van der Waals surface area contributed by atoms with Crippen LogP contribution in [0.5, 0.6) is 0 Å². The van der Waals surface area contributed by atoms with Gasteiger partial charge in [-0.2, -0.15) is 0 Å². The summed E-state index contributed by atoms with van der Waals surface area (Å²) in [6, 6.07) is 19.7. The fraction of sp³-hybridized carbons (Fsp3) is 0.0476. The smallest absolute Gasteiger partial charge is 0.248 e. The molecule has 0 amide bonds. The molecule has 1 heterocycles. The Morgan fingerprint density at radius 3 is 2.17 bits per heavy atom. The van der Waals surface area contributed by atoms with Crippen LogP contribution in [0.15, 0.2) is 82.1 Å². The molecule has 0 radical (unpaired) electrons. The molecule has 0 bridgehead atoms.